The molecule has 0 spiro atoms. The van der Waals surface area contributed by atoms with Crippen LogP contribution in [0.25, 0.3) is 0 Å². The lowest BCUT2D eigenvalue weighted by Gasteiger charge is -2.15. The van der Waals surface area contributed by atoms with E-state index in [1.807, 2.05) is 0 Å². The Morgan fingerprint density at radius 2 is 1.96 bits per heavy atom. The van der Waals surface area contributed by atoms with Crippen LogP contribution in [-0.2, 0) is 25.5 Å². The molecule has 9 heteroatoms. The van der Waals surface area contributed by atoms with Gasteiger partial charge >= 0.3 is 0 Å². The second-order valence-corrected chi connectivity index (χ2v) is 4.70. The van der Waals surface area contributed by atoms with Gasteiger partial charge in [-0.2, -0.15) is 0 Å². The van der Waals surface area contributed by atoms with Crippen LogP contribution in [0.2, 0.25) is 0 Å². The lowest BCUT2D eigenvalue weighted by molar-refractivity contribution is -0.384. The third-order valence-corrected chi connectivity index (χ3v) is 2.93. The number of nitrogens with zero attached hydrogens (tertiary/aromatic N) is 1. The van der Waals surface area contributed by atoms with Crippen LogP contribution in [0.15, 0.2) is 24.3 Å². The Hall–Kier alpha value is -2.52. The Labute approximate surface area is 132 Å². The maximum atomic E-state index is 11.7. The molecule has 0 bridgehead atoms. The van der Waals surface area contributed by atoms with Gasteiger partial charge in [-0.15, -0.1) is 0 Å². The Morgan fingerprint density at radius 3 is 2.48 bits per heavy atom. The zero-order valence-corrected chi connectivity index (χ0v) is 12.7. The highest BCUT2D eigenvalue weighted by atomic mass is 16.6. The summed E-state index contributed by atoms with van der Waals surface area (Å²) in [6.45, 7) is 0.399. The number of methoxy groups -OCH3 is 1. The van der Waals surface area contributed by atoms with E-state index in [-0.39, 0.29) is 25.3 Å². The van der Waals surface area contributed by atoms with Gasteiger partial charge in [-0.1, -0.05) is 12.1 Å². The molecule has 1 aromatic rings. The number of hydrogen-bond acceptors (Lipinski definition) is 6. The van der Waals surface area contributed by atoms with Gasteiger partial charge in [0, 0.05) is 25.7 Å². The number of rotatable bonds is 10. The second kappa shape index (κ2) is 9.49. The van der Waals surface area contributed by atoms with Crippen molar-refractivity contribution >= 4 is 17.5 Å². The molecule has 0 fully saturated rings. The second-order valence-electron chi connectivity index (χ2n) is 4.70. The highest BCUT2D eigenvalue weighted by molar-refractivity contribution is 5.87. The average Bonchev–Trinajstić information content (AvgIpc) is 2.51. The minimum atomic E-state index is -0.921. The first-order chi connectivity index (χ1) is 10.9. The number of benzene rings is 1. The largest absolute Gasteiger partial charge is 0.382 e. The van der Waals surface area contributed by atoms with E-state index in [0.29, 0.717) is 12.2 Å². The summed E-state index contributed by atoms with van der Waals surface area (Å²) < 4.78 is 9.81. The molecule has 23 heavy (non-hydrogen) atoms. The number of nitro benzene ring substituents is 1. The van der Waals surface area contributed by atoms with Crippen LogP contribution >= 0.6 is 0 Å². The van der Waals surface area contributed by atoms with Crippen molar-refractivity contribution in [3.8, 4) is 0 Å². The molecule has 0 saturated carbocycles. The van der Waals surface area contributed by atoms with Crippen LogP contribution in [0.5, 0.6) is 0 Å². The number of carbonyl (C=O) groups excluding carboxylic acids is 2. The summed E-state index contributed by atoms with van der Waals surface area (Å²) in [6.07, 6.45) is 0.136. The van der Waals surface area contributed by atoms with Crippen molar-refractivity contribution in [2.24, 2.45) is 5.73 Å². The van der Waals surface area contributed by atoms with Gasteiger partial charge in [0.15, 0.2) is 0 Å². The maximum Gasteiger partial charge on any atom is 0.269 e. The van der Waals surface area contributed by atoms with E-state index >= 15 is 0 Å². The number of nitro groups is 1. The zero-order valence-electron chi connectivity index (χ0n) is 12.7. The van der Waals surface area contributed by atoms with E-state index in [1.165, 1.54) is 31.4 Å². The lowest BCUT2D eigenvalue weighted by Crippen LogP contribution is -2.47. The van der Waals surface area contributed by atoms with Crippen molar-refractivity contribution < 1.29 is 24.0 Å². The summed E-state index contributed by atoms with van der Waals surface area (Å²) in [5, 5.41) is 13.1. The molecular weight excluding hydrogens is 306 g/mol. The van der Waals surface area contributed by atoms with E-state index in [0.717, 1.165) is 0 Å². The first-order valence-corrected chi connectivity index (χ1v) is 6.82. The van der Waals surface area contributed by atoms with Crippen molar-refractivity contribution in [3.63, 3.8) is 0 Å². The molecule has 0 unspecified atom stereocenters. The molecule has 0 aliphatic heterocycles. The number of carbonyl (C=O) groups is 2. The Kier molecular flexibility index (Phi) is 7.64. The summed E-state index contributed by atoms with van der Waals surface area (Å²) in [4.78, 5) is 33.2. The highest BCUT2D eigenvalue weighted by Gasteiger charge is 2.19. The van der Waals surface area contributed by atoms with Crippen molar-refractivity contribution in [2.45, 2.75) is 12.5 Å². The maximum absolute atomic E-state index is 11.7. The van der Waals surface area contributed by atoms with Crippen molar-refractivity contribution in [2.75, 3.05) is 26.9 Å². The highest BCUT2D eigenvalue weighted by Crippen LogP contribution is 2.13. The fourth-order valence-electron chi connectivity index (χ4n) is 1.76. The smallest absolute Gasteiger partial charge is 0.269 e. The molecule has 9 nitrogen and oxygen atoms in total. The molecule has 1 rings (SSSR count). The normalized spacial score (nSPS) is 11.7. The molecule has 1 atom stereocenters. The molecule has 2 amide bonds. The molecule has 0 aromatic heterocycles. The summed E-state index contributed by atoms with van der Waals surface area (Å²) in [5.74, 6) is -1.18. The summed E-state index contributed by atoms with van der Waals surface area (Å²) >= 11 is 0. The third kappa shape index (κ3) is 6.85. The first-order valence-electron chi connectivity index (χ1n) is 6.82. The molecule has 0 aliphatic carbocycles. The minimum Gasteiger partial charge on any atom is -0.382 e. The standard InChI is InChI=1S/C14H19N3O6/c1-22-6-7-23-9-13(18)16-12(14(15)19)8-10-2-4-11(5-3-10)17(20)21/h2-5,12H,6-9H2,1H3,(H2,15,19)(H,16,18)/t12-/m1/s1. The molecule has 0 aliphatic rings. The van der Waals surface area contributed by atoms with Crippen molar-refractivity contribution in [1.29, 1.82) is 0 Å². The molecule has 3 N–H and O–H groups in total. The fourth-order valence-corrected chi connectivity index (χ4v) is 1.76. The van der Waals surface area contributed by atoms with Gasteiger partial charge < -0.3 is 20.5 Å². The predicted molar refractivity (Wildman–Crippen MR) is 80.6 cm³/mol. The van der Waals surface area contributed by atoms with Crippen LogP contribution < -0.4 is 11.1 Å². The number of primary amides is 1. The summed E-state index contributed by atoms with van der Waals surface area (Å²) in [5.41, 5.74) is 5.85. The van der Waals surface area contributed by atoms with Gasteiger partial charge in [-0.25, -0.2) is 0 Å². The van der Waals surface area contributed by atoms with E-state index in [2.05, 4.69) is 5.32 Å². The van der Waals surface area contributed by atoms with Crippen LogP contribution in [-0.4, -0.2) is 49.7 Å². The van der Waals surface area contributed by atoms with Crippen LogP contribution in [0.4, 0.5) is 5.69 Å². The van der Waals surface area contributed by atoms with Gasteiger partial charge in [0.1, 0.15) is 12.6 Å². The molecule has 1 aromatic carbocycles. The van der Waals surface area contributed by atoms with Crippen molar-refractivity contribution in [1.82, 2.24) is 5.32 Å². The molecule has 126 valence electrons. The van der Waals surface area contributed by atoms with Crippen LogP contribution in [0, 0.1) is 10.1 Å². The quantitative estimate of drug-likeness (QED) is 0.347. The zero-order chi connectivity index (χ0) is 17.2. The van der Waals surface area contributed by atoms with E-state index < -0.39 is 22.8 Å². The number of amides is 2. The number of nitrogens with one attached hydrogen (secondary N) is 1. The van der Waals surface area contributed by atoms with E-state index in [4.69, 9.17) is 15.2 Å². The molecule has 0 saturated heterocycles. The van der Waals surface area contributed by atoms with Gasteiger partial charge in [0.25, 0.3) is 5.69 Å². The number of hydrogen-bond donors (Lipinski definition) is 2. The van der Waals surface area contributed by atoms with E-state index in [1.54, 1.807) is 0 Å². The van der Waals surface area contributed by atoms with Crippen molar-refractivity contribution in [3.05, 3.63) is 39.9 Å². The average molecular weight is 325 g/mol. The van der Waals surface area contributed by atoms with Gasteiger partial charge in [-0.05, 0) is 5.56 Å². The molecular formula is C14H19N3O6. The molecule has 0 heterocycles. The Bertz CT molecular complexity index is 546. The monoisotopic (exact) mass is 325 g/mol. The van der Waals surface area contributed by atoms with Crippen LogP contribution in [0.3, 0.4) is 0 Å². The van der Waals surface area contributed by atoms with Crippen LogP contribution in [0.1, 0.15) is 5.56 Å². The SMILES string of the molecule is COCCOCC(=O)N[C@H](Cc1ccc([N+](=O)[O-])cc1)C(N)=O. The lowest BCUT2D eigenvalue weighted by atomic mass is 10.1. The van der Waals surface area contributed by atoms with Gasteiger partial charge in [-0.3, -0.25) is 19.7 Å². The van der Waals surface area contributed by atoms with Gasteiger partial charge in [0.2, 0.25) is 11.8 Å². The Morgan fingerprint density at radius 1 is 1.30 bits per heavy atom. The summed E-state index contributed by atoms with van der Waals surface area (Å²) in [7, 11) is 1.51. The summed E-state index contributed by atoms with van der Waals surface area (Å²) in [6, 6.07) is 4.74. The number of ether oxygens (including phenoxy) is 2. The first kappa shape index (κ1) is 18.5. The molecule has 0 radical (unpaired) electrons. The van der Waals surface area contributed by atoms with Gasteiger partial charge in [0.05, 0.1) is 18.1 Å². The Balaban J connectivity index is 2.56. The third-order valence-electron chi connectivity index (χ3n) is 2.93. The predicted octanol–water partition coefficient (Wildman–Crippen LogP) is -0.230. The number of nitrogens with two attached hydrogens (primary N) is 1. The fraction of sp³-hybridized carbons (Fsp3) is 0.429. The van der Waals surface area contributed by atoms with E-state index in [9.17, 15) is 19.7 Å². The minimum absolute atomic E-state index is 0.0556. The topological polar surface area (TPSA) is 134 Å². The number of non-ortho nitro benzene ring substituents is 1.